The maximum atomic E-state index is 15.3. The summed E-state index contributed by atoms with van der Waals surface area (Å²) in [5.74, 6) is -0.147. The van der Waals surface area contributed by atoms with Crippen LogP contribution in [0.15, 0.2) is 170 Å². The molecule has 0 saturated carbocycles. The average molecular weight is 518 g/mol. The molecule has 1 aliphatic heterocycles. The number of nitrogens with zero attached hydrogens (tertiary/aromatic N) is 1. The van der Waals surface area contributed by atoms with Gasteiger partial charge in [0.05, 0.1) is 6.54 Å². The normalized spacial score (nSPS) is 16.6. The molecule has 1 amide bonds. The van der Waals surface area contributed by atoms with Crippen LogP contribution in [0.2, 0.25) is 0 Å². The fraction of sp³-hybridized carbons (Fsp3) is 0.0789. The minimum absolute atomic E-state index is 0.0674. The third kappa shape index (κ3) is 4.81. The molecular formula is C38H31NO. The molecule has 40 heavy (non-hydrogen) atoms. The quantitative estimate of drug-likeness (QED) is 0.212. The summed E-state index contributed by atoms with van der Waals surface area (Å²) in [6.07, 6.45) is 6.47. The number of hydrogen-bond donors (Lipinski definition) is 0. The van der Waals surface area contributed by atoms with E-state index in [1.54, 1.807) is 0 Å². The molecule has 1 atom stereocenters. The Morgan fingerprint density at radius 1 is 0.575 bits per heavy atom. The minimum atomic E-state index is -0.942. The van der Waals surface area contributed by atoms with Crippen molar-refractivity contribution in [1.29, 1.82) is 0 Å². The van der Waals surface area contributed by atoms with Crippen LogP contribution < -0.4 is 0 Å². The molecule has 0 bridgehead atoms. The van der Waals surface area contributed by atoms with E-state index in [0.29, 0.717) is 6.54 Å². The summed E-state index contributed by atoms with van der Waals surface area (Å²) in [5.41, 5.74) is 5.21. The standard InChI is InChI=1S/C38H31NO/c40-37-38(33-22-12-4-13-23-33,34-24-14-5-15-25-34)36(32-20-10-3-11-21-32)28-35(27-26-30-16-6-1-7-17-30)39(37)29-31-18-8-2-9-19-31/h1-28,36H,29H2/b27-26+/t36-/m0/s1. The molecule has 6 rings (SSSR count). The van der Waals surface area contributed by atoms with Gasteiger partial charge >= 0.3 is 0 Å². The summed E-state index contributed by atoms with van der Waals surface area (Å²) in [4.78, 5) is 17.3. The first-order valence-corrected chi connectivity index (χ1v) is 13.7. The highest BCUT2D eigenvalue weighted by Gasteiger charge is 2.53. The van der Waals surface area contributed by atoms with Crippen LogP contribution in [0.1, 0.15) is 33.7 Å². The largest absolute Gasteiger partial charge is 0.307 e. The van der Waals surface area contributed by atoms with Crippen LogP contribution in [0, 0.1) is 0 Å². The Morgan fingerprint density at radius 2 is 1.05 bits per heavy atom. The zero-order valence-electron chi connectivity index (χ0n) is 22.3. The lowest BCUT2D eigenvalue weighted by molar-refractivity contribution is -0.135. The van der Waals surface area contributed by atoms with Gasteiger partial charge in [-0.25, -0.2) is 0 Å². The second-order valence-corrected chi connectivity index (χ2v) is 10.1. The van der Waals surface area contributed by atoms with Crippen LogP contribution in [0.25, 0.3) is 6.08 Å². The molecule has 1 heterocycles. The molecule has 0 radical (unpaired) electrons. The van der Waals surface area contributed by atoms with E-state index in [-0.39, 0.29) is 11.8 Å². The SMILES string of the molecule is O=C1N(Cc2ccccc2)C(/C=C/c2ccccc2)=C[C@@H](c2ccccc2)C1(c1ccccc1)c1ccccc1. The number of carbonyl (C=O) groups excluding carboxylic acids is 1. The predicted octanol–water partition coefficient (Wildman–Crippen LogP) is 8.40. The number of hydrogen-bond acceptors (Lipinski definition) is 1. The number of rotatable bonds is 7. The predicted molar refractivity (Wildman–Crippen MR) is 163 cm³/mol. The summed E-state index contributed by atoms with van der Waals surface area (Å²) < 4.78 is 0. The Balaban J connectivity index is 1.62. The van der Waals surface area contributed by atoms with Gasteiger partial charge in [-0.2, -0.15) is 0 Å². The fourth-order valence-corrected chi connectivity index (χ4v) is 5.85. The van der Waals surface area contributed by atoms with Gasteiger partial charge < -0.3 is 4.90 Å². The Kier molecular flexibility index (Phi) is 7.24. The van der Waals surface area contributed by atoms with Gasteiger partial charge in [0.15, 0.2) is 0 Å². The first-order valence-electron chi connectivity index (χ1n) is 13.7. The van der Waals surface area contributed by atoms with Crippen LogP contribution >= 0.6 is 0 Å². The lowest BCUT2D eigenvalue weighted by atomic mass is 9.61. The van der Waals surface area contributed by atoms with Crippen LogP contribution in [-0.4, -0.2) is 10.8 Å². The molecule has 194 valence electrons. The molecule has 2 heteroatoms. The van der Waals surface area contributed by atoms with Crippen LogP contribution in [0.4, 0.5) is 0 Å². The lowest BCUT2D eigenvalue weighted by Gasteiger charge is -2.47. The van der Waals surface area contributed by atoms with Crippen molar-refractivity contribution in [1.82, 2.24) is 4.90 Å². The molecular weight excluding hydrogens is 486 g/mol. The van der Waals surface area contributed by atoms with Crippen molar-refractivity contribution in [2.75, 3.05) is 0 Å². The van der Waals surface area contributed by atoms with Crippen molar-refractivity contribution in [3.8, 4) is 0 Å². The maximum absolute atomic E-state index is 15.3. The van der Waals surface area contributed by atoms with Crippen molar-refractivity contribution >= 4 is 12.0 Å². The number of carbonyl (C=O) groups is 1. The fourth-order valence-electron chi connectivity index (χ4n) is 5.85. The molecule has 0 fully saturated rings. The van der Waals surface area contributed by atoms with E-state index in [1.165, 1.54) is 0 Å². The molecule has 0 unspecified atom stereocenters. The van der Waals surface area contributed by atoms with E-state index < -0.39 is 5.41 Å². The Morgan fingerprint density at radius 3 is 1.60 bits per heavy atom. The molecule has 0 spiro atoms. The molecule has 0 saturated heterocycles. The van der Waals surface area contributed by atoms with Gasteiger partial charge in [0.2, 0.25) is 5.91 Å². The van der Waals surface area contributed by atoms with Crippen molar-refractivity contribution < 1.29 is 4.79 Å². The number of benzene rings is 5. The summed E-state index contributed by atoms with van der Waals surface area (Å²) in [6, 6.07) is 51.5. The van der Waals surface area contributed by atoms with Gasteiger partial charge in [-0.3, -0.25) is 4.79 Å². The molecule has 1 aliphatic rings. The lowest BCUT2D eigenvalue weighted by Crippen LogP contribution is -2.53. The van der Waals surface area contributed by atoms with E-state index in [0.717, 1.165) is 33.5 Å². The first-order chi connectivity index (χ1) is 19.8. The third-order valence-electron chi connectivity index (χ3n) is 7.74. The highest BCUT2D eigenvalue weighted by atomic mass is 16.2. The zero-order chi connectivity index (χ0) is 27.2. The zero-order valence-corrected chi connectivity index (χ0v) is 22.3. The average Bonchev–Trinajstić information content (AvgIpc) is 3.03. The molecule has 0 N–H and O–H groups in total. The maximum Gasteiger partial charge on any atom is 0.243 e. The second kappa shape index (κ2) is 11.4. The topological polar surface area (TPSA) is 20.3 Å². The Hall–Kier alpha value is -4.95. The van der Waals surface area contributed by atoms with Crippen molar-refractivity contribution in [3.63, 3.8) is 0 Å². The summed E-state index contributed by atoms with van der Waals surface area (Å²) in [5, 5.41) is 0. The van der Waals surface area contributed by atoms with Crippen molar-refractivity contribution in [2.45, 2.75) is 17.9 Å². The van der Waals surface area contributed by atoms with E-state index in [2.05, 4.69) is 91.0 Å². The van der Waals surface area contributed by atoms with Crippen molar-refractivity contribution in [3.05, 3.63) is 197 Å². The number of allylic oxidation sites excluding steroid dienone is 2. The minimum Gasteiger partial charge on any atom is -0.307 e. The van der Waals surface area contributed by atoms with E-state index in [4.69, 9.17) is 0 Å². The van der Waals surface area contributed by atoms with E-state index in [1.807, 2.05) is 83.8 Å². The van der Waals surface area contributed by atoms with Crippen molar-refractivity contribution in [2.24, 2.45) is 0 Å². The molecule has 5 aromatic carbocycles. The first kappa shape index (κ1) is 25.3. The van der Waals surface area contributed by atoms with Crippen LogP contribution in [-0.2, 0) is 16.8 Å². The van der Waals surface area contributed by atoms with Gasteiger partial charge in [-0.15, -0.1) is 0 Å². The molecule has 0 aromatic heterocycles. The van der Waals surface area contributed by atoms with E-state index in [9.17, 15) is 0 Å². The molecule has 0 aliphatic carbocycles. The van der Waals surface area contributed by atoms with Crippen LogP contribution in [0.3, 0.4) is 0 Å². The smallest absolute Gasteiger partial charge is 0.243 e. The summed E-state index contributed by atoms with van der Waals surface area (Å²) in [6.45, 7) is 0.480. The van der Waals surface area contributed by atoms with Gasteiger partial charge in [-0.1, -0.05) is 164 Å². The Bertz CT molecular complexity index is 1570. The molecule has 2 nitrogen and oxygen atoms in total. The van der Waals surface area contributed by atoms with Gasteiger partial charge in [0, 0.05) is 11.6 Å². The number of amides is 1. The second-order valence-electron chi connectivity index (χ2n) is 10.1. The monoisotopic (exact) mass is 517 g/mol. The van der Waals surface area contributed by atoms with E-state index >= 15 is 4.79 Å². The van der Waals surface area contributed by atoms with Gasteiger partial charge in [0.1, 0.15) is 5.41 Å². The Labute approximate surface area is 236 Å². The van der Waals surface area contributed by atoms with Gasteiger partial charge in [-0.05, 0) is 33.9 Å². The third-order valence-corrected chi connectivity index (χ3v) is 7.74. The molecule has 5 aromatic rings. The summed E-state index contributed by atoms with van der Waals surface area (Å²) >= 11 is 0. The van der Waals surface area contributed by atoms with Gasteiger partial charge in [0.25, 0.3) is 0 Å². The highest BCUT2D eigenvalue weighted by molar-refractivity contribution is 5.97. The highest BCUT2D eigenvalue weighted by Crippen LogP contribution is 2.51. The summed E-state index contributed by atoms with van der Waals surface area (Å²) in [7, 11) is 0. The van der Waals surface area contributed by atoms with Crippen LogP contribution in [0.5, 0.6) is 0 Å².